The summed E-state index contributed by atoms with van der Waals surface area (Å²) in [6.45, 7) is -2.92. The van der Waals surface area contributed by atoms with Crippen molar-refractivity contribution in [2.75, 3.05) is 11.1 Å². The van der Waals surface area contributed by atoms with Crippen molar-refractivity contribution >= 4 is 40.3 Å². The molecule has 2 rings (SSSR count). The Balaban J connectivity index is 2.35. The molecule has 106 valence electrons. The molecule has 7 heteroatoms. The zero-order valence-electron chi connectivity index (χ0n) is 10.0. The normalized spacial score (nSPS) is 10.7. The van der Waals surface area contributed by atoms with Crippen molar-refractivity contribution in [1.29, 1.82) is 0 Å². The van der Waals surface area contributed by atoms with E-state index in [0.717, 1.165) is 0 Å². The molecule has 3 nitrogen and oxygen atoms in total. The standard InChI is InChI=1S/C13H10Cl2F2N2O/c14-8-5-7(18)6-9(15)12(8)19-10-3-1-2-4-11(10)20-13(16)17/h1-6,13,19H,18H2. The van der Waals surface area contributed by atoms with Crippen molar-refractivity contribution < 1.29 is 13.5 Å². The molecule has 0 amide bonds. The molecule has 0 aromatic heterocycles. The molecule has 0 heterocycles. The zero-order chi connectivity index (χ0) is 14.7. The van der Waals surface area contributed by atoms with Gasteiger partial charge in [-0.25, -0.2) is 0 Å². The summed E-state index contributed by atoms with van der Waals surface area (Å²) in [5.74, 6) is -0.00791. The molecule has 0 atom stereocenters. The fourth-order valence-electron chi connectivity index (χ4n) is 1.62. The predicted octanol–water partition coefficient (Wildman–Crippen LogP) is 4.92. The first kappa shape index (κ1) is 14.7. The van der Waals surface area contributed by atoms with Crippen molar-refractivity contribution in [3.05, 3.63) is 46.4 Å². The number of nitrogens with one attached hydrogen (secondary N) is 1. The molecular weight excluding hydrogens is 309 g/mol. The topological polar surface area (TPSA) is 47.3 Å². The Morgan fingerprint density at radius 2 is 1.70 bits per heavy atom. The molecule has 0 aliphatic heterocycles. The Morgan fingerprint density at radius 3 is 2.30 bits per heavy atom. The molecule has 0 spiro atoms. The number of ether oxygens (including phenoxy) is 1. The number of nitrogens with two attached hydrogens (primary N) is 1. The lowest BCUT2D eigenvalue weighted by molar-refractivity contribution is -0.0493. The van der Waals surface area contributed by atoms with Crippen LogP contribution in [0.25, 0.3) is 0 Å². The van der Waals surface area contributed by atoms with Crippen molar-refractivity contribution in [1.82, 2.24) is 0 Å². The van der Waals surface area contributed by atoms with E-state index in [2.05, 4.69) is 10.1 Å². The van der Waals surface area contributed by atoms with Gasteiger partial charge in [0.05, 0.1) is 21.4 Å². The number of alkyl halides is 2. The lowest BCUT2D eigenvalue weighted by Gasteiger charge is -2.15. The highest BCUT2D eigenvalue weighted by Crippen LogP contribution is 2.37. The minimum Gasteiger partial charge on any atom is -0.433 e. The molecule has 2 aromatic rings. The van der Waals surface area contributed by atoms with Gasteiger partial charge in [-0.15, -0.1) is 0 Å². The van der Waals surface area contributed by atoms with Gasteiger partial charge in [-0.2, -0.15) is 8.78 Å². The summed E-state index contributed by atoms with van der Waals surface area (Å²) in [6.07, 6.45) is 0. The molecule has 0 saturated heterocycles. The van der Waals surface area contributed by atoms with E-state index in [1.54, 1.807) is 18.2 Å². The molecule has 0 unspecified atom stereocenters. The Kier molecular flexibility index (Phi) is 4.52. The third-order valence-electron chi connectivity index (χ3n) is 2.43. The summed E-state index contributed by atoms with van der Waals surface area (Å²) in [4.78, 5) is 0. The first-order valence-electron chi connectivity index (χ1n) is 5.52. The predicted molar refractivity (Wildman–Crippen MR) is 77.2 cm³/mol. The maximum Gasteiger partial charge on any atom is 0.387 e. The molecule has 0 aliphatic rings. The minimum atomic E-state index is -2.92. The van der Waals surface area contributed by atoms with E-state index in [1.165, 1.54) is 18.2 Å². The van der Waals surface area contributed by atoms with Crippen LogP contribution in [0.2, 0.25) is 10.0 Å². The maximum absolute atomic E-state index is 12.3. The van der Waals surface area contributed by atoms with E-state index in [9.17, 15) is 8.78 Å². The molecule has 0 saturated carbocycles. The Labute approximate surface area is 124 Å². The van der Waals surface area contributed by atoms with Gasteiger partial charge in [-0.05, 0) is 24.3 Å². The van der Waals surface area contributed by atoms with Gasteiger partial charge in [-0.3, -0.25) is 0 Å². The molecule has 2 aromatic carbocycles. The van der Waals surface area contributed by atoms with Gasteiger partial charge in [0, 0.05) is 5.69 Å². The van der Waals surface area contributed by atoms with Crippen molar-refractivity contribution in [2.24, 2.45) is 0 Å². The van der Waals surface area contributed by atoms with Crippen LogP contribution in [0.4, 0.5) is 25.8 Å². The summed E-state index contributed by atoms with van der Waals surface area (Å²) < 4.78 is 29.1. The Morgan fingerprint density at radius 1 is 1.10 bits per heavy atom. The minimum absolute atomic E-state index is 0.00791. The van der Waals surface area contributed by atoms with Crippen molar-refractivity contribution in [3.8, 4) is 5.75 Å². The van der Waals surface area contributed by atoms with Crippen molar-refractivity contribution in [2.45, 2.75) is 6.61 Å². The van der Waals surface area contributed by atoms with Crippen LogP contribution in [0.3, 0.4) is 0 Å². The second-order valence-electron chi connectivity index (χ2n) is 3.86. The average molecular weight is 319 g/mol. The van der Waals surface area contributed by atoms with E-state index >= 15 is 0 Å². The fraction of sp³-hybridized carbons (Fsp3) is 0.0769. The number of benzene rings is 2. The van der Waals surface area contributed by atoms with Crippen LogP contribution in [-0.4, -0.2) is 6.61 Å². The van der Waals surface area contributed by atoms with Gasteiger partial charge in [0.2, 0.25) is 0 Å². The van der Waals surface area contributed by atoms with Crippen molar-refractivity contribution in [3.63, 3.8) is 0 Å². The second-order valence-corrected chi connectivity index (χ2v) is 4.67. The highest BCUT2D eigenvalue weighted by atomic mass is 35.5. The van der Waals surface area contributed by atoms with E-state index in [1.807, 2.05) is 0 Å². The molecule has 0 radical (unpaired) electrons. The molecule has 0 aliphatic carbocycles. The van der Waals surface area contributed by atoms with E-state index in [4.69, 9.17) is 28.9 Å². The highest BCUT2D eigenvalue weighted by molar-refractivity contribution is 6.39. The first-order chi connectivity index (χ1) is 9.47. The number of anilines is 3. The smallest absolute Gasteiger partial charge is 0.387 e. The summed E-state index contributed by atoms with van der Waals surface area (Å²) in [6, 6.07) is 9.24. The van der Waals surface area contributed by atoms with Crippen LogP contribution >= 0.6 is 23.2 Å². The third-order valence-corrected chi connectivity index (χ3v) is 3.02. The Hall–Kier alpha value is -1.72. The van der Waals surface area contributed by atoms with Crippen LogP contribution < -0.4 is 15.8 Å². The van der Waals surface area contributed by atoms with Gasteiger partial charge in [0.25, 0.3) is 0 Å². The number of rotatable bonds is 4. The third kappa shape index (κ3) is 3.43. The lowest BCUT2D eigenvalue weighted by Crippen LogP contribution is -2.04. The summed E-state index contributed by atoms with van der Waals surface area (Å²) in [5, 5.41) is 3.42. The van der Waals surface area contributed by atoms with Crippen LogP contribution in [0.1, 0.15) is 0 Å². The maximum atomic E-state index is 12.3. The average Bonchev–Trinajstić information content (AvgIpc) is 2.34. The summed E-state index contributed by atoms with van der Waals surface area (Å²) in [5.41, 5.74) is 6.69. The van der Waals surface area contributed by atoms with E-state index in [0.29, 0.717) is 17.1 Å². The van der Waals surface area contributed by atoms with Gasteiger partial charge in [-0.1, -0.05) is 35.3 Å². The fourth-order valence-corrected chi connectivity index (χ4v) is 2.21. The molecule has 3 N–H and O–H groups in total. The summed E-state index contributed by atoms with van der Waals surface area (Å²) >= 11 is 12.1. The molecule has 0 bridgehead atoms. The highest BCUT2D eigenvalue weighted by Gasteiger charge is 2.12. The molecular formula is C13H10Cl2F2N2O. The van der Waals surface area contributed by atoms with Gasteiger partial charge < -0.3 is 15.8 Å². The van der Waals surface area contributed by atoms with E-state index in [-0.39, 0.29) is 15.8 Å². The number of para-hydroxylation sites is 2. The number of hydrogen-bond acceptors (Lipinski definition) is 3. The molecule has 0 fully saturated rings. The second kappa shape index (κ2) is 6.15. The first-order valence-corrected chi connectivity index (χ1v) is 6.28. The monoisotopic (exact) mass is 318 g/mol. The van der Waals surface area contributed by atoms with Crippen LogP contribution in [-0.2, 0) is 0 Å². The van der Waals surface area contributed by atoms with Crippen LogP contribution in [0.15, 0.2) is 36.4 Å². The number of hydrogen-bond donors (Lipinski definition) is 2. The molecule has 20 heavy (non-hydrogen) atoms. The van der Waals surface area contributed by atoms with Crippen LogP contribution in [0, 0.1) is 0 Å². The number of halogens is 4. The van der Waals surface area contributed by atoms with E-state index < -0.39 is 6.61 Å². The largest absolute Gasteiger partial charge is 0.433 e. The summed E-state index contributed by atoms with van der Waals surface area (Å²) in [7, 11) is 0. The van der Waals surface area contributed by atoms with Gasteiger partial charge in [0.1, 0.15) is 5.75 Å². The SMILES string of the molecule is Nc1cc(Cl)c(Nc2ccccc2OC(F)F)c(Cl)c1. The quantitative estimate of drug-likeness (QED) is 0.786. The van der Waals surface area contributed by atoms with Gasteiger partial charge in [0.15, 0.2) is 0 Å². The lowest BCUT2D eigenvalue weighted by atomic mass is 10.2. The van der Waals surface area contributed by atoms with Gasteiger partial charge >= 0.3 is 6.61 Å². The number of nitrogen functional groups attached to an aromatic ring is 1. The van der Waals surface area contributed by atoms with Crippen LogP contribution in [0.5, 0.6) is 5.75 Å². The zero-order valence-corrected chi connectivity index (χ0v) is 11.6. The Bertz CT molecular complexity index is 600.